The van der Waals surface area contributed by atoms with E-state index in [9.17, 15) is 4.79 Å². The van der Waals surface area contributed by atoms with Crippen molar-refractivity contribution in [1.82, 2.24) is 9.55 Å². The first-order valence-corrected chi connectivity index (χ1v) is 8.71. The third kappa shape index (κ3) is 2.64. The van der Waals surface area contributed by atoms with Gasteiger partial charge in [-0.2, -0.15) is 0 Å². The van der Waals surface area contributed by atoms with Crippen molar-refractivity contribution in [2.24, 2.45) is 5.73 Å². The first kappa shape index (κ1) is 15.4. The van der Waals surface area contributed by atoms with Gasteiger partial charge in [0.25, 0.3) is 5.56 Å². The molecule has 1 saturated heterocycles. The van der Waals surface area contributed by atoms with Gasteiger partial charge in [-0.3, -0.25) is 4.79 Å². The van der Waals surface area contributed by atoms with E-state index in [1.165, 1.54) is 12.0 Å². The molecule has 5 nitrogen and oxygen atoms in total. The van der Waals surface area contributed by atoms with Gasteiger partial charge in [-0.05, 0) is 61.4 Å². The highest BCUT2D eigenvalue weighted by Gasteiger charge is 2.16. The van der Waals surface area contributed by atoms with E-state index in [4.69, 9.17) is 10.5 Å². The van der Waals surface area contributed by atoms with Gasteiger partial charge in [0.1, 0.15) is 0 Å². The Kier molecular flexibility index (Phi) is 4.12. The minimum atomic E-state index is 0.0588. The monoisotopic (exact) mass is 325 g/mol. The van der Waals surface area contributed by atoms with E-state index in [1.807, 2.05) is 24.5 Å². The predicted molar refractivity (Wildman–Crippen MR) is 96.4 cm³/mol. The Bertz CT molecular complexity index is 919. The van der Waals surface area contributed by atoms with Gasteiger partial charge in [0.15, 0.2) is 0 Å². The molecule has 0 radical (unpaired) electrons. The number of nitrogens with zero attached hydrogens (tertiary/aromatic N) is 1. The zero-order valence-electron chi connectivity index (χ0n) is 13.8. The summed E-state index contributed by atoms with van der Waals surface area (Å²) in [5, 5.41) is 2.89. The van der Waals surface area contributed by atoms with E-state index in [0.29, 0.717) is 13.1 Å². The quantitative estimate of drug-likeness (QED) is 0.774. The largest absolute Gasteiger partial charge is 0.376 e. The summed E-state index contributed by atoms with van der Waals surface area (Å²) >= 11 is 0. The molecule has 1 unspecified atom stereocenters. The van der Waals surface area contributed by atoms with Crippen LogP contribution in [0, 0.1) is 0 Å². The molecular formula is C19H23N3O2. The van der Waals surface area contributed by atoms with Crippen LogP contribution < -0.4 is 11.3 Å². The molecule has 126 valence electrons. The molecule has 0 spiro atoms. The molecule has 4 rings (SSSR count). The Morgan fingerprint density at radius 2 is 2.17 bits per heavy atom. The summed E-state index contributed by atoms with van der Waals surface area (Å²) in [6.07, 6.45) is 8.19. The van der Waals surface area contributed by atoms with Crippen LogP contribution in [-0.4, -0.2) is 28.8 Å². The lowest BCUT2D eigenvalue weighted by atomic mass is 10.0. The minimum absolute atomic E-state index is 0.0588. The van der Waals surface area contributed by atoms with Crippen LogP contribution in [0.3, 0.4) is 0 Å². The molecule has 2 aromatic heterocycles. The van der Waals surface area contributed by atoms with E-state index in [2.05, 4.69) is 11.1 Å². The summed E-state index contributed by atoms with van der Waals surface area (Å²) < 4.78 is 7.57. The van der Waals surface area contributed by atoms with Crippen molar-refractivity contribution in [2.45, 2.75) is 38.3 Å². The predicted octanol–water partition coefficient (Wildman–Crippen LogP) is 2.55. The number of rotatable bonds is 4. The Hall–Kier alpha value is -2.11. The average molecular weight is 325 g/mol. The number of ether oxygens (including phenoxy) is 1. The lowest BCUT2D eigenvalue weighted by Crippen LogP contribution is -2.30. The summed E-state index contributed by atoms with van der Waals surface area (Å²) in [5.74, 6) is 0. The fourth-order valence-electron chi connectivity index (χ4n) is 3.74. The van der Waals surface area contributed by atoms with Crippen LogP contribution in [-0.2, 0) is 17.7 Å². The van der Waals surface area contributed by atoms with Crippen LogP contribution in [0.1, 0.15) is 24.8 Å². The molecule has 1 aliphatic rings. The lowest BCUT2D eigenvalue weighted by Gasteiger charge is -2.23. The normalized spacial score (nSPS) is 18.5. The van der Waals surface area contributed by atoms with Crippen molar-refractivity contribution in [3.8, 4) is 0 Å². The highest BCUT2D eigenvalue weighted by molar-refractivity contribution is 6.07. The molecule has 1 aromatic carbocycles. The summed E-state index contributed by atoms with van der Waals surface area (Å²) in [6.45, 7) is 2.04. The molecule has 24 heavy (non-hydrogen) atoms. The lowest BCUT2D eigenvalue weighted by molar-refractivity contribution is 0.00551. The Morgan fingerprint density at radius 1 is 1.25 bits per heavy atom. The van der Waals surface area contributed by atoms with Crippen LogP contribution in [0.2, 0.25) is 0 Å². The highest BCUT2D eigenvalue weighted by atomic mass is 16.5. The fourth-order valence-corrected chi connectivity index (χ4v) is 3.74. The number of nitrogens with one attached hydrogen (secondary N) is 1. The van der Waals surface area contributed by atoms with Gasteiger partial charge in [0.05, 0.1) is 12.6 Å². The van der Waals surface area contributed by atoms with Crippen molar-refractivity contribution in [1.29, 1.82) is 0 Å². The third-order valence-corrected chi connectivity index (χ3v) is 4.97. The van der Waals surface area contributed by atoms with E-state index >= 15 is 0 Å². The van der Waals surface area contributed by atoms with Gasteiger partial charge in [-0.1, -0.05) is 0 Å². The first-order valence-electron chi connectivity index (χ1n) is 8.71. The number of H-pyrrole nitrogens is 1. The molecule has 0 amide bonds. The van der Waals surface area contributed by atoms with E-state index in [0.717, 1.165) is 47.5 Å². The molecule has 3 aromatic rings. The van der Waals surface area contributed by atoms with Gasteiger partial charge in [0, 0.05) is 35.3 Å². The number of aromatic amines is 1. The average Bonchev–Trinajstić information content (AvgIpc) is 3.02. The zero-order valence-corrected chi connectivity index (χ0v) is 13.8. The molecule has 5 heteroatoms. The molecule has 0 bridgehead atoms. The molecule has 3 heterocycles. The van der Waals surface area contributed by atoms with Crippen molar-refractivity contribution in [3.05, 3.63) is 46.5 Å². The summed E-state index contributed by atoms with van der Waals surface area (Å²) in [5.41, 5.74) is 8.00. The maximum atomic E-state index is 12.9. The number of aromatic nitrogens is 2. The third-order valence-electron chi connectivity index (χ3n) is 4.97. The fraction of sp³-hybridized carbons (Fsp3) is 0.421. The molecule has 1 atom stereocenters. The number of hydrogen-bond donors (Lipinski definition) is 2. The number of pyridine rings is 1. The number of nitrogens with two attached hydrogens (primary N) is 1. The second-order valence-corrected chi connectivity index (χ2v) is 6.56. The topological polar surface area (TPSA) is 73.0 Å². The van der Waals surface area contributed by atoms with Crippen LogP contribution in [0.5, 0.6) is 0 Å². The molecule has 3 N–H and O–H groups in total. The van der Waals surface area contributed by atoms with Gasteiger partial charge in [-0.25, -0.2) is 0 Å². The standard InChI is InChI=1S/C19H23N3O2/c20-8-6-13-11-21-17-5-4-16-15(18(13)17)7-9-22(19(16)23)12-14-3-1-2-10-24-14/h4-5,7,9,11,14,21H,1-3,6,8,10,12,20H2. The van der Waals surface area contributed by atoms with Crippen LogP contribution >= 0.6 is 0 Å². The molecular weight excluding hydrogens is 302 g/mol. The number of fused-ring (bicyclic) bond motifs is 3. The van der Waals surface area contributed by atoms with E-state index in [-0.39, 0.29) is 11.7 Å². The first-order chi connectivity index (χ1) is 11.8. The Balaban J connectivity index is 1.79. The van der Waals surface area contributed by atoms with Crippen molar-refractivity contribution < 1.29 is 4.74 Å². The highest BCUT2D eigenvalue weighted by Crippen LogP contribution is 2.27. The maximum Gasteiger partial charge on any atom is 0.258 e. The van der Waals surface area contributed by atoms with Crippen molar-refractivity contribution in [2.75, 3.05) is 13.2 Å². The molecule has 1 aliphatic heterocycles. The van der Waals surface area contributed by atoms with Gasteiger partial charge >= 0.3 is 0 Å². The molecule has 0 aliphatic carbocycles. The molecule has 1 fully saturated rings. The SMILES string of the molecule is NCCc1c[nH]c2ccc3c(=O)n(CC4CCCCO4)ccc3c12. The van der Waals surface area contributed by atoms with Gasteiger partial charge < -0.3 is 20.0 Å². The summed E-state index contributed by atoms with van der Waals surface area (Å²) in [6, 6.07) is 5.96. The Labute approximate surface area is 140 Å². The second kappa shape index (κ2) is 6.42. The molecule has 0 saturated carbocycles. The van der Waals surface area contributed by atoms with Gasteiger partial charge in [-0.15, -0.1) is 0 Å². The Morgan fingerprint density at radius 3 is 2.96 bits per heavy atom. The zero-order chi connectivity index (χ0) is 16.5. The van der Waals surface area contributed by atoms with Crippen LogP contribution in [0.4, 0.5) is 0 Å². The second-order valence-electron chi connectivity index (χ2n) is 6.56. The van der Waals surface area contributed by atoms with E-state index < -0.39 is 0 Å². The summed E-state index contributed by atoms with van der Waals surface area (Å²) in [7, 11) is 0. The van der Waals surface area contributed by atoms with Crippen molar-refractivity contribution in [3.63, 3.8) is 0 Å². The van der Waals surface area contributed by atoms with Gasteiger partial charge in [0.2, 0.25) is 0 Å². The number of benzene rings is 1. The van der Waals surface area contributed by atoms with Crippen LogP contribution in [0.25, 0.3) is 21.7 Å². The smallest absolute Gasteiger partial charge is 0.258 e. The maximum absolute atomic E-state index is 12.9. The minimum Gasteiger partial charge on any atom is -0.376 e. The van der Waals surface area contributed by atoms with E-state index in [1.54, 1.807) is 4.57 Å². The van der Waals surface area contributed by atoms with Crippen molar-refractivity contribution >= 4 is 21.7 Å². The summed E-state index contributed by atoms with van der Waals surface area (Å²) in [4.78, 5) is 16.2. The number of hydrogen-bond acceptors (Lipinski definition) is 3. The van der Waals surface area contributed by atoms with Crippen LogP contribution in [0.15, 0.2) is 35.4 Å².